The summed E-state index contributed by atoms with van der Waals surface area (Å²) in [4.78, 5) is 0. The second kappa shape index (κ2) is 2.97. The summed E-state index contributed by atoms with van der Waals surface area (Å²) >= 11 is 0. The predicted octanol–water partition coefficient (Wildman–Crippen LogP) is 0.810. The van der Waals surface area contributed by atoms with Gasteiger partial charge in [-0.05, 0) is 6.42 Å². The fourth-order valence-electron chi connectivity index (χ4n) is 1.07. The number of rotatable bonds is 1. The van der Waals surface area contributed by atoms with E-state index in [0.717, 1.165) is 12.1 Å². The first-order valence-corrected chi connectivity index (χ1v) is 4.02. The quantitative estimate of drug-likeness (QED) is 0.619. The summed E-state index contributed by atoms with van der Waals surface area (Å²) < 4.78 is 10.6. The molecule has 4 heteroatoms. The molecule has 2 heterocycles. The molecular weight excluding hydrogens is 156 g/mol. The van der Waals surface area contributed by atoms with Crippen molar-refractivity contribution < 1.29 is 9.47 Å². The maximum atomic E-state index is 5.34. The summed E-state index contributed by atoms with van der Waals surface area (Å²) in [5.74, 6) is 1.23. The Morgan fingerprint density at radius 1 is 1.33 bits per heavy atom. The predicted molar refractivity (Wildman–Crippen MR) is 42.4 cm³/mol. The highest BCUT2D eigenvalue weighted by Crippen LogP contribution is 2.26. The van der Waals surface area contributed by atoms with Gasteiger partial charge in [-0.1, -0.05) is 6.92 Å². The molecule has 0 radical (unpaired) electrons. The minimum absolute atomic E-state index is 0.512. The van der Waals surface area contributed by atoms with Crippen molar-refractivity contribution in [2.45, 2.75) is 13.3 Å². The molecule has 64 valence electrons. The van der Waals surface area contributed by atoms with Crippen LogP contribution in [0.4, 0.5) is 0 Å². The SMILES string of the molecule is CCc1cc2c(nn1)OCCO2. The van der Waals surface area contributed by atoms with Gasteiger partial charge in [0.05, 0.1) is 5.69 Å². The Morgan fingerprint density at radius 2 is 2.17 bits per heavy atom. The van der Waals surface area contributed by atoms with Crippen LogP contribution >= 0.6 is 0 Å². The van der Waals surface area contributed by atoms with E-state index in [9.17, 15) is 0 Å². The van der Waals surface area contributed by atoms with Gasteiger partial charge in [0.1, 0.15) is 13.2 Å². The Bertz CT molecular complexity index is 288. The van der Waals surface area contributed by atoms with Gasteiger partial charge in [0.15, 0.2) is 5.75 Å². The van der Waals surface area contributed by atoms with Crippen LogP contribution in [0.1, 0.15) is 12.6 Å². The van der Waals surface area contributed by atoms with Crippen molar-refractivity contribution in [1.29, 1.82) is 0 Å². The molecule has 0 atom stereocenters. The molecule has 0 N–H and O–H groups in total. The lowest BCUT2D eigenvalue weighted by atomic mass is 10.3. The average molecular weight is 166 g/mol. The summed E-state index contributed by atoms with van der Waals surface area (Å²) in [6, 6.07) is 1.88. The molecule has 0 bridgehead atoms. The molecule has 2 rings (SSSR count). The molecule has 12 heavy (non-hydrogen) atoms. The maximum Gasteiger partial charge on any atom is 0.276 e. The van der Waals surface area contributed by atoms with E-state index in [1.807, 2.05) is 13.0 Å². The zero-order chi connectivity index (χ0) is 8.39. The Balaban J connectivity index is 2.36. The molecule has 0 spiro atoms. The zero-order valence-electron chi connectivity index (χ0n) is 6.91. The molecule has 0 saturated carbocycles. The fraction of sp³-hybridized carbons (Fsp3) is 0.500. The molecule has 4 nitrogen and oxygen atoms in total. The summed E-state index contributed by atoms with van der Waals surface area (Å²) in [6.07, 6.45) is 0.865. The van der Waals surface area contributed by atoms with Gasteiger partial charge >= 0.3 is 0 Å². The van der Waals surface area contributed by atoms with Crippen LogP contribution in [0, 0.1) is 0 Å². The number of aromatic nitrogens is 2. The van der Waals surface area contributed by atoms with Crippen molar-refractivity contribution in [1.82, 2.24) is 10.2 Å². The molecule has 0 fully saturated rings. The zero-order valence-corrected chi connectivity index (χ0v) is 6.91. The number of aryl methyl sites for hydroxylation is 1. The summed E-state index contributed by atoms with van der Waals surface area (Å²) in [6.45, 7) is 3.19. The Morgan fingerprint density at radius 3 is 3.00 bits per heavy atom. The second-order valence-electron chi connectivity index (χ2n) is 2.56. The van der Waals surface area contributed by atoms with Gasteiger partial charge in [-0.25, -0.2) is 0 Å². The molecule has 0 aromatic carbocycles. The van der Waals surface area contributed by atoms with Crippen LogP contribution in [0.5, 0.6) is 11.6 Å². The second-order valence-corrected chi connectivity index (χ2v) is 2.56. The number of nitrogens with zero attached hydrogens (tertiary/aromatic N) is 2. The van der Waals surface area contributed by atoms with Crippen molar-refractivity contribution >= 4 is 0 Å². The van der Waals surface area contributed by atoms with Crippen LogP contribution in [-0.2, 0) is 6.42 Å². The van der Waals surface area contributed by atoms with Gasteiger partial charge in [-0.15, -0.1) is 5.10 Å². The Labute approximate surface area is 70.5 Å². The molecule has 0 unspecified atom stereocenters. The molecule has 0 amide bonds. The van der Waals surface area contributed by atoms with Crippen molar-refractivity contribution in [3.8, 4) is 11.6 Å². The van der Waals surface area contributed by atoms with Gasteiger partial charge in [0, 0.05) is 6.07 Å². The van der Waals surface area contributed by atoms with E-state index in [1.54, 1.807) is 0 Å². The monoisotopic (exact) mass is 166 g/mol. The molecule has 1 aliphatic heterocycles. The maximum absolute atomic E-state index is 5.34. The number of hydrogen-bond donors (Lipinski definition) is 0. The first kappa shape index (κ1) is 7.34. The highest BCUT2D eigenvalue weighted by molar-refractivity contribution is 5.34. The topological polar surface area (TPSA) is 44.2 Å². The Kier molecular flexibility index (Phi) is 1.81. The number of hydrogen-bond acceptors (Lipinski definition) is 4. The fourth-order valence-corrected chi connectivity index (χ4v) is 1.07. The molecule has 0 saturated heterocycles. The van der Waals surface area contributed by atoms with E-state index < -0.39 is 0 Å². The van der Waals surface area contributed by atoms with Crippen molar-refractivity contribution in [2.75, 3.05) is 13.2 Å². The number of ether oxygens (including phenoxy) is 2. The number of fused-ring (bicyclic) bond motifs is 1. The molecule has 0 aliphatic carbocycles. The van der Waals surface area contributed by atoms with Gasteiger partial charge < -0.3 is 9.47 Å². The van der Waals surface area contributed by atoms with Gasteiger partial charge in [0.25, 0.3) is 5.88 Å². The lowest BCUT2D eigenvalue weighted by Crippen LogP contribution is -2.17. The average Bonchev–Trinajstić information content (AvgIpc) is 2.17. The van der Waals surface area contributed by atoms with E-state index in [1.165, 1.54) is 0 Å². The summed E-state index contributed by atoms with van der Waals surface area (Å²) in [7, 11) is 0. The first-order chi connectivity index (χ1) is 5.90. The third-order valence-corrected chi connectivity index (χ3v) is 1.72. The van der Waals surface area contributed by atoms with Crippen LogP contribution in [0.15, 0.2) is 6.07 Å². The van der Waals surface area contributed by atoms with Crippen LogP contribution in [0.3, 0.4) is 0 Å². The summed E-state index contributed by atoms with van der Waals surface area (Å²) in [5.41, 5.74) is 0.930. The van der Waals surface area contributed by atoms with Crippen molar-refractivity contribution in [2.24, 2.45) is 0 Å². The van der Waals surface area contributed by atoms with Crippen molar-refractivity contribution in [3.63, 3.8) is 0 Å². The van der Waals surface area contributed by atoms with Crippen LogP contribution in [-0.4, -0.2) is 23.4 Å². The van der Waals surface area contributed by atoms with Gasteiger partial charge in [-0.2, -0.15) is 5.10 Å². The largest absolute Gasteiger partial charge is 0.484 e. The van der Waals surface area contributed by atoms with E-state index >= 15 is 0 Å². The Hall–Kier alpha value is -1.32. The smallest absolute Gasteiger partial charge is 0.276 e. The van der Waals surface area contributed by atoms with Crippen LogP contribution in [0.2, 0.25) is 0 Å². The third-order valence-electron chi connectivity index (χ3n) is 1.72. The minimum Gasteiger partial charge on any atom is -0.484 e. The highest BCUT2D eigenvalue weighted by atomic mass is 16.6. The highest BCUT2D eigenvalue weighted by Gasteiger charge is 2.13. The standard InChI is InChI=1S/C8H10N2O2/c1-2-6-5-7-8(10-9-6)12-4-3-11-7/h5H,2-4H2,1H3. The van der Waals surface area contributed by atoms with Gasteiger partial charge in [0.2, 0.25) is 0 Å². The minimum atomic E-state index is 0.512. The molecule has 1 aromatic rings. The molecule has 1 aliphatic rings. The summed E-state index contributed by atoms with van der Waals surface area (Å²) in [5, 5.41) is 7.85. The first-order valence-electron chi connectivity index (χ1n) is 4.02. The van der Waals surface area contributed by atoms with E-state index in [0.29, 0.717) is 24.8 Å². The lowest BCUT2D eigenvalue weighted by molar-refractivity contribution is 0.162. The molecule has 1 aromatic heterocycles. The van der Waals surface area contributed by atoms with E-state index in [4.69, 9.17) is 9.47 Å². The van der Waals surface area contributed by atoms with Gasteiger partial charge in [-0.3, -0.25) is 0 Å². The van der Waals surface area contributed by atoms with Crippen LogP contribution in [0.25, 0.3) is 0 Å². The lowest BCUT2D eigenvalue weighted by Gasteiger charge is -2.16. The normalized spacial score (nSPS) is 14.4. The van der Waals surface area contributed by atoms with Crippen molar-refractivity contribution in [3.05, 3.63) is 11.8 Å². The third kappa shape index (κ3) is 1.20. The van der Waals surface area contributed by atoms with E-state index in [-0.39, 0.29) is 0 Å². The molecular formula is C8H10N2O2. The van der Waals surface area contributed by atoms with E-state index in [2.05, 4.69) is 10.2 Å². The van der Waals surface area contributed by atoms with Crippen LogP contribution < -0.4 is 9.47 Å².